The lowest BCUT2D eigenvalue weighted by Crippen LogP contribution is -2.52. The van der Waals surface area contributed by atoms with E-state index in [1.54, 1.807) is 37.3 Å². The number of rotatable bonds is 11. The first-order valence-electron chi connectivity index (χ1n) is 10.9. The summed E-state index contributed by atoms with van der Waals surface area (Å²) in [5.74, 6) is -0.187. The van der Waals surface area contributed by atoms with Crippen molar-refractivity contribution >= 4 is 39.1 Å². The summed E-state index contributed by atoms with van der Waals surface area (Å²) in [6.45, 7) is 4.78. The third kappa shape index (κ3) is 7.76. The Hall–Kier alpha value is -2.98. The van der Waals surface area contributed by atoms with Crippen LogP contribution in [0.1, 0.15) is 26.3 Å². The lowest BCUT2D eigenvalue weighted by Gasteiger charge is -2.32. The van der Waals surface area contributed by atoms with Crippen molar-refractivity contribution < 1.29 is 27.5 Å². The Morgan fingerprint density at radius 2 is 1.69 bits per heavy atom. The van der Waals surface area contributed by atoms with E-state index in [1.165, 1.54) is 31.3 Å². The highest BCUT2D eigenvalue weighted by Gasteiger charge is 2.30. The van der Waals surface area contributed by atoms with Crippen LogP contribution in [0.5, 0.6) is 11.5 Å². The Kier molecular flexibility index (Phi) is 9.79. The molecular weight excluding hydrogens is 494 g/mol. The van der Waals surface area contributed by atoms with Crippen molar-refractivity contribution in [2.45, 2.75) is 39.4 Å². The third-order valence-electron chi connectivity index (χ3n) is 5.17. The Bertz CT molecular complexity index is 1160. The van der Waals surface area contributed by atoms with Crippen molar-refractivity contribution in [3.63, 3.8) is 0 Å². The monoisotopic (exact) mass is 525 g/mol. The number of benzene rings is 2. The van der Waals surface area contributed by atoms with Crippen LogP contribution in [-0.2, 0) is 26.2 Å². The minimum Gasteiger partial charge on any atom is -0.493 e. The van der Waals surface area contributed by atoms with Gasteiger partial charge >= 0.3 is 0 Å². The Morgan fingerprint density at radius 1 is 1.03 bits per heavy atom. The van der Waals surface area contributed by atoms with Crippen molar-refractivity contribution in [1.29, 1.82) is 0 Å². The third-order valence-corrected chi connectivity index (χ3v) is 6.55. The van der Waals surface area contributed by atoms with Gasteiger partial charge in [0, 0.05) is 23.7 Å². The smallest absolute Gasteiger partial charge is 0.244 e. The summed E-state index contributed by atoms with van der Waals surface area (Å²) >= 11 is 6.10. The number of sulfonamides is 1. The molecule has 0 heterocycles. The predicted molar refractivity (Wildman–Crippen MR) is 136 cm³/mol. The zero-order chi connectivity index (χ0) is 26.3. The molecule has 1 atom stereocenters. The Labute approximate surface area is 212 Å². The molecule has 1 N–H and O–H groups in total. The summed E-state index contributed by atoms with van der Waals surface area (Å²) in [5.41, 5.74) is 0.924. The highest BCUT2D eigenvalue weighted by atomic mass is 35.5. The van der Waals surface area contributed by atoms with E-state index in [2.05, 4.69) is 5.32 Å². The Balaban J connectivity index is 2.44. The molecule has 11 heteroatoms. The molecule has 2 aromatic rings. The van der Waals surface area contributed by atoms with E-state index in [1.807, 2.05) is 13.8 Å². The van der Waals surface area contributed by atoms with Gasteiger partial charge in [-0.05, 0) is 50.6 Å². The fraction of sp³-hybridized carbons (Fsp3) is 0.417. The van der Waals surface area contributed by atoms with Crippen LogP contribution in [0.25, 0.3) is 0 Å². The number of carbonyl (C=O) groups is 2. The molecule has 0 unspecified atom stereocenters. The number of hydrogen-bond acceptors (Lipinski definition) is 6. The van der Waals surface area contributed by atoms with E-state index in [4.69, 9.17) is 21.1 Å². The molecule has 0 spiro atoms. The first-order valence-corrected chi connectivity index (χ1v) is 13.1. The van der Waals surface area contributed by atoms with Crippen LogP contribution in [0, 0.1) is 0 Å². The first kappa shape index (κ1) is 28.3. The normalized spacial score (nSPS) is 12.1. The number of amides is 2. The van der Waals surface area contributed by atoms with Crippen molar-refractivity contribution in [3.8, 4) is 11.5 Å². The minimum absolute atomic E-state index is 0.0651. The molecule has 9 nitrogen and oxygen atoms in total. The number of nitrogens with zero attached hydrogens (tertiary/aromatic N) is 2. The fourth-order valence-corrected chi connectivity index (χ4v) is 4.47. The molecule has 0 fully saturated rings. The summed E-state index contributed by atoms with van der Waals surface area (Å²) in [4.78, 5) is 27.6. The zero-order valence-corrected chi connectivity index (χ0v) is 22.3. The maximum Gasteiger partial charge on any atom is 0.244 e. The van der Waals surface area contributed by atoms with E-state index in [9.17, 15) is 18.0 Å². The predicted octanol–water partition coefficient (Wildman–Crippen LogP) is 3.07. The maximum atomic E-state index is 13.5. The zero-order valence-electron chi connectivity index (χ0n) is 20.7. The average Bonchev–Trinajstić information content (AvgIpc) is 2.78. The summed E-state index contributed by atoms with van der Waals surface area (Å²) < 4.78 is 36.8. The molecule has 2 amide bonds. The van der Waals surface area contributed by atoms with Gasteiger partial charge in [-0.3, -0.25) is 13.9 Å². The molecule has 0 bridgehead atoms. The number of halogens is 1. The lowest BCUT2D eigenvalue weighted by atomic mass is 10.1. The largest absolute Gasteiger partial charge is 0.493 e. The number of nitrogens with one attached hydrogen (secondary N) is 1. The molecule has 0 aromatic heterocycles. The molecule has 0 saturated carbocycles. The number of ether oxygens (including phenoxy) is 2. The van der Waals surface area contributed by atoms with Crippen LogP contribution in [0.15, 0.2) is 42.5 Å². The standard InChI is InChI=1S/C24H32ClN3O6S/c1-16(2)26-24(30)17(3)27(14-18-8-7-9-19(25)12-18)23(29)15-28(35(6,31)32)20-10-11-21(33-4)22(13-20)34-5/h7-13,16-17H,14-15H2,1-6H3,(H,26,30)/t17-/m0/s1. The van der Waals surface area contributed by atoms with Gasteiger partial charge in [-0.1, -0.05) is 23.7 Å². The molecular formula is C24H32ClN3O6S. The summed E-state index contributed by atoms with van der Waals surface area (Å²) in [6.07, 6.45) is 1.01. The van der Waals surface area contributed by atoms with Crippen molar-refractivity contribution in [2.75, 3.05) is 31.3 Å². The first-order chi connectivity index (χ1) is 16.4. The van der Waals surface area contributed by atoms with Gasteiger partial charge in [-0.2, -0.15) is 0 Å². The SMILES string of the molecule is COc1ccc(N(CC(=O)N(Cc2cccc(Cl)c2)[C@@H](C)C(=O)NC(C)C)S(C)(=O)=O)cc1OC. The summed E-state index contributed by atoms with van der Waals surface area (Å²) in [6, 6.07) is 10.5. The van der Waals surface area contributed by atoms with Crippen molar-refractivity contribution in [1.82, 2.24) is 10.2 Å². The molecule has 0 aliphatic rings. The maximum absolute atomic E-state index is 13.5. The Morgan fingerprint density at radius 3 is 2.23 bits per heavy atom. The number of methoxy groups -OCH3 is 2. The van der Waals surface area contributed by atoms with Crippen LogP contribution in [0.3, 0.4) is 0 Å². The van der Waals surface area contributed by atoms with Crippen molar-refractivity contribution in [3.05, 3.63) is 53.1 Å². The second-order valence-electron chi connectivity index (χ2n) is 8.30. The van der Waals surface area contributed by atoms with Crippen LogP contribution >= 0.6 is 11.6 Å². The minimum atomic E-state index is -3.87. The van der Waals surface area contributed by atoms with Crippen molar-refractivity contribution in [2.24, 2.45) is 0 Å². The van der Waals surface area contributed by atoms with Gasteiger partial charge in [0.05, 0.1) is 26.2 Å². The van der Waals surface area contributed by atoms with Crippen LogP contribution in [0.4, 0.5) is 5.69 Å². The molecule has 192 valence electrons. The van der Waals surface area contributed by atoms with Gasteiger partial charge in [-0.25, -0.2) is 8.42 Å². The second-order valence-corrected chi connectivity index (χ2v) is 10.6. The van der Waals surface area contributed by atoms with E-state index in [0.29, 0.717) is 22.1 Å². The molecule has 35 heavy (non-hydrogen) atoms. The molecule has 2 rings (SSSR count). The number of carbonyl (C=O) groups excluding carboxylic acids is 2. The summed E-state index contributed by atoms with van der Waals surface area (Å²) in [5, 5.41) is 3.28. The highest BCUT2D eigenvalue weighted by molar-refractivity contribution is 7.92. The van der Waals surface area contributed by atoms with E-state index >= 15 is 0 Å². The van der Waals surface area contributed by atoms with Gasteiger partial charge in [0.25, 0.3) is 0 Å². The van der Waals surface area contributed by atoms with Gasteiger partial charge in [-0.15, -0.1) is 0 Å². The van der Waals surface area contributed by atoms with Gasteiger partial charge in [0.15, 0.2) is 11.5 Å². The van der Waals surface area contributed by atoms with Gasteiger partial charge in [0.1, 0.15) is 12.6 Å². The van der Waals surface area contributed by atoms with E-state index in [0.717, 1.165) is 10.6 Å². The number of anilines is 1. The number of hydrogen-bond donors (Lipinski definition) is 1. The van der Waals surface area contributed by atoms with E-state index < -0.39 is 28.5 Å². The van der Waals surface area contributed by atoms with Crippen LogP contribution in [-0.4, -0.2) is 64.2 Å². The molecule has 0 aliphatic carbocycles. The topological polar surface area (TPSA) is 105 Å². The quantitative estimate of drug-likeness (QED) is 0.483. The van der Waals surface area contributed by atoms with E-state index in [-0.39, 0.29) is 24.2 Å². The molecule has 0 radical (unpaired) electrons. The molecule has 0 aliphatic heterocycles. The molecule has 0 saturated heterocycles. The van der Waals surface area contributed by atoms with Gasteiger partial charge in [0.2, 0.25) is 21.8 Å². The van der Waals surface area contributed by atoms with Crippen LogP contribution < -0.4 is 19.1 Å². The van der Waals surface area contributed by atoms with Crippen LogP contribution in [0.2, 0.25) is 5.02 Å². The summed E-state index contributed by atoms with van der Waals surface area (Å²) in [7, 11) is -0.973. The molecule has 2 aromatic carbocycles. The fourth-order valence-electron chi connectivity index (χ4n) is 3.41. The average molecular weight is 526 g/mol. The lowest BCUT2D eigenvalue weighted by molar-refractivity contribution is -0.139. The second kappa shape index (κ2) is 12.1. The van der Waals surface area contributed by atoms with Gasteiger partial charge < -0.3 is 19.7 Å². The highest BCUT2D eigenvalue weighted by Crippen LogP contribution is 2.32.